The SMILES string of the molecule is Cc1ncc2c(n1)C1(CNC1)C(=O)N(C1CCC(C)(O)CC1)C2. The highest BCUT2D eigenvalue weighted by atomic mass is 16.3. The average molecular weight is 316 g/mol. The number of carbonyl (C=O) groups excluding carboxylic acids is 1. The molecular weight excluding hydrogens is 292 g/mol. The lowest BCUT2D eigenvalue weighted by molar-refractivity contribution is -0.146. The Bertz CT molecular complexity index is 644. The van der Waals surface area contributed by atoms with E-state index < -0.39 is 11.0 Å². The molecule has 1 spiro atoms. The predicted molar refractivity (Wildman–Crippen MR) is 84.7 cm³/mol. The molecular formula is C17H24N4O2. The van der Waals surface area contributed by atoms with Crippen LogP contribution >= 0.6 is 0 Å². The van der Waals surface area contributed by atoms with Crippen molar-refractivity contribution in [2.45, 2.75) is 63.1 Å². The van der Waals surface area contributed by atoms with Crippen molar-refractivity contribution < 1.29 is 9.90 Å². The van der Waals surface area contributed by atoms with Crippen molar-refractivity contribution in [3.05, 3.63) is 23.3 Å². The molecule has 0 atom stereocenters. The Labute approximate surface area is 136 Å². The molecule has 4 rings (SSSR count). The van der Waals surface area contributed by atoms with Gasteiger partial charge in [0.05, 0.1) is 11.3 Å². The molecule has 0 unspecified atom stereocenters. The number of carbonyl (C=O) groups is 1. The quantitative estimate of drug-likeness (QED) is 0.796. The van der Waals surface area contributed by atoms with E-state index in [2.05, 4.69) is 15.3 Å². The van der Waals surface area contributed by atoms with E-state index in [0.717, 1.165) is 42.8 Å². The van der Waals surface area contributed by atoms with E-state index in [4.69, 9.17) is 0 Å². The fourth-order valence-corrected chi connectivity index (χ4v) is 4.18. The summed E-state index contributed by atoms with van der Waals surface area (Å²) in [5.74, 6) is 0.929. The third-order valence-electron chi connectivity index (χ3n) is 5.78. The zero-order valence-electron chi connectivity index (χ0n) is 13.8. The van der Waals surface area contributed by atoms with Gasteiger partial charge in [0, 0.05) is 37.4 Å². The van der Waals surface area contributed by atoms with E-state index in [1.165, 1.54) is 0 Å². The molecule has 1 aromatic rings. The molecule has 1 aliphatic carbocycles. The second kappa shape index (κ2) is 4.98. The molecule has 3 heterocycles. The lowest BCUT2D eigenvalue weighted by Crippen LogP contribution is -2.69. The summed E-state index contributed by atoms with van der Waals surface area (Å²) < 4.78 is 0. The number of amides is 1. The van der Waals surface area contributed by atoms with Crippen LogP contribution in [0.15, 0.2) is 6.20 Å². The molecule has 1 saturated carbocycles. The molecule has 2 fully saturated rings. The molecule has 0 aromatic carbocycles. The molecule has 0 radical (unpaired) electrons. The van der Waals surface area contributed by atoms with Gasteiger partial charge in [-0.25, -0.2) is 9.97 Å². The summed E-state index contributed by atoms with van der Waals surface area (Å²) in [4.78, 5) is 24.2. The maximum atomic E-state index is 13.2. The molecule has 6 heteroatoms. The van der Waals surface area contributed by atoms with Crippen LogP contribution in [0.2, 0.25) is 0 Å². The third-order valence-corrected chi connectivity index (χ3v) is 5.78. The van der Waals surface area contributed by atoms with Crippen molar-refractivity contribution in [2.24, 2.45) is 0 Å². The lowest BCUT2D eigenvalue weighted by atomic mass is 9.71. The molecule has 124 valence electrons. The van der Waals surface area contributed by atoms with Gasteiger partial charge in [-0.05, 0) is 39.5 Å². The molecule has 23 heavy (non-hydrogen) atoms. The van der Waals surface area contributed by atoms with E-state index in [-0.39, 0.29) is 11.9 Å². The van der Waals surface area contributed by atoms with Gasteiger partial charge in [-0.15, -0.1) is 0 Å². The molecule has 0 bridgehead atoms. The van der Waals surface area contributed by atoms with E-state index in [1.54, 1.807) is 0 Å². The topological polar surface area (TPSA) is 78.4 Å². The first-order valence-corrected chi connectivity index (χ1v) is 8.48. The van der Waals surface area contributed by atoms with Crippen LogP contribution in [0.1, 0.15) is 49.7 Å². The Morgan fingerprint density at radius 3 is 2.65 bits per heavy atom. The van der Waals surface area contributed by atoms with Gasteiger partial charge in [0.2, 0.25) is 5.91 Å². The Kier molecular flexibility index (Phi) is 3.25. The monoisotopic (exact) mass is 316 g/mol. The Morgan fingerprint density at radius 1 is 1.35 bits per heavy atom. The van der Waals surface area contributed by atoms with Crippen LogP contribution in [0.4, 0.5) is 0 Å². The summed E-state index contributed by atoms with van der Waals surface area (Å²) in [7, 11) is 0. The Morgan fingerprint density at radius 2 is 2.04 bits per heavy atom. The first kappa shape index (κ1) is 15.0. The molecule has 3 aliphatic rings. The molecule has 6 nitrogen and oxygen atoms in total. The van der Waals surface area contributed by atoms with Gasteiger partial charge < -0.3 is 15.3 Å². The summed E-state index contributed by atoms with van der Waals surface area (Å²) in [6, 6.07) is 0.217. The first-order chi connectivity index (χ1) is 10.9. The minimum Gasteiger partial charge on any atom is -0.390 e. The van der Waals surface area contributed by atoms with Crippen molar-refractivity contribution in [1.29, 1.82) is 0 Å². The largest absolute Gasteiger partial charge is 0.390 e. The van der Waals surface area contributed by atoms with Crippen LogP contribution < -0.4 is 5.32 Å². The van der Waals surface area contributed by atoms with Crippen LogP contribution in [0.3, 0.4) is 0 Å². The van der Waals surface area contributed by atoms with Gasteiger partial charge >= 0.3 is 0 Å². The minimum atomic E-state index is -0.580. The fourth-order valence-electron chi connectivity index (χ4n) is 4.18. The van der Waals surface area contributed by atoms with E-state index in [1.807, 2.05) is 24.9 Å². The van der Waals surface area contributed by atoms with E-state index in [9.17, 15) is 9.90 Å². The molecule has 2 aliphatic heterocycles. The van der Waals surface area contributed by atoms with Crippen LogP contribution in [0.25, 0.3) is 0 Å². The first-order valence-electron chi connectivity index (χ1n) is 8.48. The van der Waals surface area contributed by atoms with E-state index in [0.29, 0.717) is 19.6 Å². The second-order valence-electron chi connectivity index (χ2n) is 7.64. The van der Waals surface area contributed by atoms with Crippen LogP contribution in [-0.4, -0.2) is 50.6 Å². The van der Waals surface area contributed by atoms with Gasteiger partial charge in [0.1, 0.15) is 11.2 Å². The van der Waals surface area contributed by atoms with Crippen molar-refractivity contribution in [3.8, 4) is 0 Å². The van der Waals surface area contributed by atoms with Gasteiger partial charge in [0.25, 0.3) is 0 Å². The van der Waals surface area contributed by atoms with Crippen molar-refractivity contribution >= 4 is 5.91 Å². The summed E-state index contributed by atoms with van der Waals surface area (Å²) in [6.45, 7) is 5.69. The maximum Gasteiger partial charge on any atom is 0.238 e. The van der Waals surface area contributed by atoms with Gasteiger partial charge in [-0.3, -0.25) is 4.79 Å². The standard InChI is InChI=1S/C17H24N4O2/c1-11-19-7-12-8-21(13-3-5-16(2,23)6-4-13)15(22)17(9-18-10-17)14(12)20-11/h7,13,18,23H,3-6,8-10H2,1-2H3. The highest BCUT2D eigenvalue weighted by molar-refractivity contribution is 5.91. The summed E-state index contributed by atoms with van der Waals surface area (Å²) >= 11 is 0. The van der Waals surface area contributed by atoms with Gasteiger partial charge in [-0.2, -0.15) is 0 Å². The number of fused-ring (bicyclic) bond motifs is 2. The van der Waals surface area contributed by atoms with Crippen LogP contribution in [0, 0.1) is 6.92 Å². The molecule has 1 saturated heterocycles. The third kappa shape index (κ3) is 2.27. The molecule has 2 N–H and O–H groups in total. The maximum absolute atomic E-state index is 13.2. The number of aryl methyl sites for hydroxylation is 1. The number of hydrogen-bond acceptors (Lipinski definition) is 5. The second-order valence-corrected chi connectivity index (χ2v) is 7.64. The van der Waals surface area contributed by atoms with Crippen molar-refractivity contribution in [1.82, 2.24) is 20.2 Å². The normalized spacial score (nSPS) is 32.6. The zero-order valence-corrected chi connectivity index (χ0v) is 13.8. The predicted octanol–water partition coefficient (Wildman–Crippen LogP) is 0.662. The Balaban J connectivity index is 1.66. The van der Waals surface area contributed by atoms with Gasteiger partial charge in [0.15, 0.2) is 0 Å². The lowest BCUT2D eigenvalue weighted by Gasteiger charge is -2.50. The number of aromatic nitrogens is 2. The number of aliphatic hydroxyl groups is 1. The summed E-state index contributed by atoms with van der Waals surface area (Å²) in [5, 5.41) is 13.4. The molecule has 1 amide bonds. The van der Waals surface area contributed by atoms with Crippen molar-refractivity contribution in [3.63, 3.8) is 0 Å². The van der Waals surface area contributed by atoms with Crippen LogP contribution in [-0.2, 0) is 16.8 Å². The smallest absolute Gasteiger partial charge is 0.238 e. The number of nitrogens with zero attached hydrogens (tertiary/aromatic N) is 3. The molecule has 1 aromatic heterocycles. The van der Waals surface area contributed by atoms with Gasteiger partial charge in [-0.1, -0.05) is 0 Å². The highest BCUT2D eigenvalue weighted by Crippen LogP contribution is 2.40. The average Bonchev–Trinajstić information content (AvgIpc) is 2.45. The van der Waals surface area contributed by atoms with E-state index >= 15 is 0 Å². The highest BCUT2D eigenvalue weighted by Gasteiger charge is 2.54. The Hall–Kier alpha value is -1.53. The fraction of sp³-hybridized carbons (Fsp3) is 0.706. The number of nitrogens with one attached hydrogen (secondary N) is 1. The van der Waals surface area contributed by atoms with Crippen molar-refractivity contribution in [2.75, 3.05) is 13.1 Å². The number of hydrogen-bond donors (Lipinski definition) is 2. The van der Waals surface area contributed by atoms with Crippen LogP contribution in [0.5, 0.6) is 0 Å². The zero-order chi connectivity index (χ0) is 16.2. The minimum absolute atomic E-state index is 0.202. The summed E-state index contributed by atoms with van der Waals surface area (Å²) in [6.07, 6.45) is 5.12. The summed E-state index contributed by atoms with van der Waals surface area (Å²) in [5.41, 5.74) is 0.923. The number of rotatable bonds is 1.